The zero-order valence-corrected chi connectivity index (χ0v) is 12.1. The Bertz CT molecular complexity index is 340. The van der Waals surface area contributed by atoms with Gasteiger partial charge in [-0.2, -0.15) is 0 Å². The van der Waals surface area contributed by atoms with Crippen molar-refractivity contribution in [3.8, 4) is 0 Å². The van der Waals surface area contributed by atoms with Gasteiger partial charge in [-0.3, -0.25) is 4.21 Å². The minimum atomic E-state index is -0.681. The molecule has 0 aliphatic rings. The molecule has 0 fully saturated rings. The Morgan fingerprint density at radius 3 is 2.81 bits per heavy atom. The molecule has 2 unspecified atom stereocenters. The van der Waals surface area contributed by atoms with Gasteiger partial charge in [0.05, 0.1) is 4.34 Å². The van der Waals surface area contributed by atoms with Crippen LogP contribution in [0.4, 0.5) is 0 Å². The van der Waals surface area contributed by atoms with Gasteiger partial charge >= 0.3 is 0 Å². The number of rotatable bonds is 7. The molecule has 16 heavy (non-hydrogen) atoms. The summed E-state index contributed by atoms with van der Waals surface area (Å²) in [7, 11) is -0.681. The first-order chi connectivity index (χ1) is 7.63. The molecule has 92 valence electrons. The predicted molar refractivity (Wildman–Crippen MR) is 73.9 cm³/mol. The van der Waals surface area contributed by atoms with E-state index in [0.717, 1.165) is 29.5 Å². The van der Waals surface area contributed by atoms with Gasteiger partial charge in [0, 0.05) is 33.7 Å². The highest BCUT2D eigenvalue weighted by molar-refractivity contribution is 7.84. The summed E-state index contributed by atoms with van der Waals surface area (Å²) in [6, 6.07) is 4.39. The van der Waals surface area contributed by atoms with Crippen molar-refractivity contribution in [1.82, 2.24) is 5.32 Å². The van der Waals surface area contributed by atoms with Crippen LogP contribution in [0.2, 0.25) is 4.34 Å². The SMILES string of the molecule is CCC(NCCCS(C)=O)c1ccc(Cl)s1. The molecule has 2 atom stereocenters. The van der Waals surface area contributed by atoms with Crippen LogP contribution in [0, 0.1) is 0 Å². The normalized spacial score (nSPS) is 14.9. The summed E-state index contributed by atoms with van der Waals surface area (Å²) in [6.07, 6.45) is 3.75. The Balaban J connectivity index is 2.35. The van der Waals surface area contributed by atoms with Gasteiger partial charge in [0.1, 0.15) is 0 Å². The van der Waals surface area contributed by atoms with E-state index in [0.29, 0.717) is 6.04 Å². The molecule has 1 aromatic rings. The molecule has 0 spiro atoms. The lowest BCUT2D eigenvalue weighted by atomic mass is 10.2. The van der Waals surface area contributed by atoms with E-state index in [1.807, 2.05) is 6.07 Å². The highest BCUT2D eigenvalue weighted by Gasteiger charge is 2.10. The molecule has 1 rings (SSSR count). The van der Waals surface area contributed by atoms with Gasteiger partial charge in [-0.05, 0) is 31.5 Å². The summed E-state index contributed by atoms with van der Waals surface area (Å²) in [5.41, 5.74) is 0. The van der Waals surface area contributed by atoms with E-state index in [-0.39, 0.29) is 0 Å². The Morgan fingerprint density at radius 2 is 2.31 bits per heavy atom. The van der Waals surface area contributed by atoms with Crippen molar-refractivity contribution < 1.29 is 4.21 Å². The number of hydrogen-bond donors (Lipinski definition) is 1. The third-order valence-corrected chi connectivity index (χ3v) is 4.55. The van der Waals surface area contributed by atoms with Crippen LogP contribution in [0.25, 0.3) is 0 Å². The summed E-state index contributed by atoms with van der Waals surface area (Å²) in [5.74, 6) is 0.772. The Morgan fingerprint density at radius 1 is 1.56 bits per heavy atom. The number of hydrogen-bond acceptors (Lipinski definition) is 3. The lowest BCUT2D eigenvalue weighted by Gasteiger charge is -2.14. The summed E-state index contributed by atoms with van der Waals surface area (Å²) >= 11 is 7.54. The molecule has 5 heteroatoms. The van der Waals surface area contributed by atoms with Crippen molar-refractivity contribution in [2.75, 3.05) is 18.6 Å². The molecule has 1 N–H and O–H groups in total. The van der Waals surface area contributed by atoms with Crippen molar-refractivity contribution in [2.45, 2.75) is 25.8 Å². The van der Waals surface area contributed by atoms with Crippen LogP contribution in [0.3, 0.4) is 0 Å². The second-order valence-electron chi connectivity index (χ2n) is 3.69. The fraction of sp³-hybridized carbons (Fsp3) is 0.636. The molecule has 0 amide bonds. The minimum absolute atomic E-state index is 0.378. The van der Waals surface area contributed by atoms with Crippen molar-refractivity contribution in [3.63, 3.8) is 0 Å². The first kappa shape index (κ1) is 14.2. The summed E-state index contributed by atoms with van der Waals surface area (Å²) < 4.78 is 11.7. The maximum Gasteiger partial charge on any atom is 0.0931 e. The topological polar surface area (TPSA) is 29.1 Å². The average molecular weight is 280 g/mol. The van der Waals surface area contributed by atoms with Crippen LogP contribution in [-0.2, 0) is 10.8 Å². The molecule has 1 heterocycles. The van der Waals surface area contributed by atoms with E-state index >= 15 is 0 Å². The quantitative estimate of drug-likeness (QED) is 0.777. The van der Waals surface area contributed by atoms with Gasteiger partial charge in [-0.1, -0.05) is 18.5 Å². The third kappa shape index (κ3) is 4.95. The molecule has 0 saturated carbocycles. The van der Waals surface area contributed by atoms with E-state index in [9.17, 15) is 4.21 Å². The van der Waals surface area contributed by atoms with Crippen LogP contribution in [0.5, 0.6) is 0 Å². The predicted octanol–water partition coefficient (Wildman–Crippen LogP) is 3.21. The molecule has 0 radical (unpaired) electrons. The van der Waals surface area contributed by atoms with E-state index in [1.54, 1.807) is 17.6 Å². The first-order valence-electron chi connectivity index (χ1n) is 5.42. The first-order valence-corrected chi connectivity index (χ1v) is 8.34. The van der Waals surface area contributed by atoms with Crippen LogP contribution in [0.1, 0.15) is 30.7 Å². The van der Waals surface area contributed by atoms with Crippen LogP contribution in [-0.4, -0.2) is 22.8 Å². The van der Waals surface area contributed by atoms with Gasteiger partial charge in [-0.15, -0.1) is 11.3 Å². The third-order valence-electron chi connectivity index (χ3n) is 2.34. The molecule has 0 bridgehead atoms. The molecule has 0 saturated heterocycles. The lowest BCUT2D eigenvalue weighted by Crippen LogP contribution is -2.22. The molecule has 1 aromatic heterocycles. The highest BCUT2D eigenvalue weighted by Crippen LogP contribution is 2.28. The Labute approximate surface area is 109 Å². The number of halogens is 1. The Hall–Kier alpha value is 0.1000. The zero-order valence-electron chi connectivity index (χ0n) is 9.66. The van der Waals surface area contributed by atoms with Gasteiger partial charge < -0.3 is 5.32 Å². The molecule has 2 nitrogen and oxygen atoms in total. The fourth-order valence-corrected chi connectivity index (χ4v) is 3.28. The molecule has 0 aliphatic heterocycles. The lowest BCUT2D eigenvalue weighted by molar-refractivity contribution is 0.526. The van der Waals surface area contributed by atoms with E-state index in [2.05, 4.69) is 18.3 Å². The summed E-state index contributed by atoms with van der Waals surface area (Å²) in [6.45, 7) is 3.07. The molecular weight excluding hydrogens is 262 g/mol. The van der Waals surface area contributed by atoms with Gasteiger partial charge in [0.25, 0.3) is 0 Å². The van der Waals surface area contributed by atoms with E-state index in [4.69, 9.17) is 11.6 Å². The minimum Gasteiger partial charge on any atom is -0.309 e. The molecule has 0 aromatic carbocycles. The standard InChI is InChI=1S/C11H18ClNOS2/c1-3-9(10-5-6-11(12)15-10)13-7-4-8-16(2)14/h5-6,9,13H,3-4,7-8H2,1-2H3. The van der Waals surface area contributed by atoms with Crippen molar-refractivity contribution in [1.29, 1.82) is 0 Å². The van der Waals surface area contributed by atoms with Crippen LogP contribution < -0.4 is 5.32 Å². The van der Waals surface area contributed by atoms with Crippen LogP contribution >= 0.6 is 22.9 Å². The van der Waals surface area contributed by atoms with Gasteiger partial charge in [0.2, 0.25) is 0 Å². The van der Waals surface area contributed by atoms with Crippen LogP contribution in [0.15, 0.2) is 12.1 Å². The Kier molecular flexibility index (Phi) is 6.58. The van der Waals surface area contributed by atoms with Gasteiger partial charge in [0.15, 0.2) is 0 Å². The maximum absolute atomic E-state index is 10.9. The average Bonchev–Trinajstić information content (AvgIpc) is 2.64. The largest absolute Gasteiger partial charge is 0.309 e. The van der Waals surface area contributed by atoms with Crippen molar-refractivity contribution in [2.24, 2.45) is 0 Å². The number of thiophene rings is 1. The van der Waals surface area contributed by atoms with E-state index in [1.165, 1.54) is 4.88 Å². The molecule has 0 aliphatic carbocycles. The molecular formula is C11H18ClNOS2. The van der Waals surface area contributed by atoms with Gasteiger partial charge in [-0.25, -0.2) is 0 Å². The smallest absolute Gasteiger partial charge is 0.0931 e. The summed E-state index contributed by atoms with van der Waals surface area (Å²) in [5, 5.41) is 3.47. The van der Waals surface area contributed by atoms with E-state index < -0.39 is 10.8 Å². The highest BCUT2D eigenvalue weighted by atomic mass is 35.5. The van der Waals surface area contributed by atoms with Crippen molar-refractivity contribution in [3.05, 3.63) is 21.3 Å². The second-order valence-corrected chi connectivity index (χ2v) is 6.99. The van der Waals surface area contributed by atoms with Crippen molar-refractivity contribution >= 4 is 33.7 Å². The fourth-order valence-electron chi connectivity index (χ4n) is 1.51. The maximum atomic E-state index is 10.9. The zero-order chi connectivity index (χ0) is 12.0. The summed E-state index contributed by atoms with van der Waals surface area (Å²) in [4.78, 5) is 1.28. The second kappa shape index (κ2) is 7.43. The monoisotopic (exact) mass is 279 g/mol. The number of nitrogens with one attached hydrogen (secondary N) is 1.